The van der Waals surface area contributed by atoms with Crippen molar-refractivity contribution in [3.05, 3.63) is 35.1 Å². The van der Waals surface area contributed by atoms with Crippen LogP contribution >= 0.6 is 23.4 Å². The van der Waals surface area contributed by atoms with Crippen LogP contribution in [0.15, 0.2) is 34.2 Å². The van der Waals surface area contributed by atoms with Crippen molar-refractivity contribution in [3.8, 4) is 0 Å². The van der Waals surface area contributed by atoms with Gasteiger partial charge >= 0.3 is 12.0 Å². The Morgan fingerprint density at radius 1 is 1.42 bits per heavy atom. The Hall–Kier alpha value is -2.27. The third-order valence-corrected chi connectivity index (χ3v) is 3.90. The lowest BCUT2D eigenvalue weighted by molar-refractivity contribution is -0.137. The van der Waals surface area contributed by atoms with Crippen molar-refractivity contribution in [3.63, 3.8) is 0 Å². The van der Waals surface area contributed by atoms with Gasteiger partial charge in [0.25, 0.3) is 5.22 Å². The fraction of sp³-hybridized carbons (Fsp3) is 0.167. The average Bonchev–Trinajstić information content (AvgIpc) is 3.07. The molecule has 0 bridgehead atoms. The van der Waals surface area contributed by atoms with Crippen LogP contribution in [-0.4, -0.2) is 31.5 Å². The smallest absolute Gasteiger partial charge is 0.396 e. The number of hydrogen-bond donors (Lipinski definition) is 1. The highest BCUT2D eigenvalue weighted by Gasteiger charge is 2.33. The minimum atomic E-state index is -4.60. The van der Waals surface area contributed by atoms with Crippen LogP contribution in [0.4, 0.5) is 18.9 Å². The fourth-order valence-corrected chi connectivity index (χ4v) is 2.58. The van der Waals surface area contributed by atoms with Crippen LogP contribution in [0, 0.1) is 0 Å². The van der Waals surface area contributed by atoms with Crippen molar-refractivity contribution in [2.45, 2.75) is 11.4 Å². The molecule has 2 aromatic heterocycles. The molecule has 0 radical (unpaired) electrons. The van der Waals surface area contributed by atoms with E-state index < -0.39 is 22.7 Å². The highest BCUT2D eigenvalue weighted by molar-refractivity contribution is 7.99. The maximum absolute atomic E-state index is 12.8. The van der Waals surface area contributed by atoms with E-state index in [0.717, 1.165) is 23.9 Å². The number of carbonyl (C=O) groups excluding carboxylic acids is 1. The van der Waals surface area contributed by atoms with Crippen LogP contribution in [0.5, 0.6) is 0 Å². The fourth-order valence-electron chi connectivity index (χ4n) is 1.74. The Balaban J connectivity index is 1.63. The van der Waals surface area contributed by atoms with E-state index >= 15 is 0 Å². The van der Waals surface area contributed by atoms with E-state index in [9.17, 15) is 18.0 Å². The summed E-state index contributed by atoms with van der Waals surface area (Å²) in [6.07, 6.45) is -3.27. The lowest BCUT2D eigenvalue weighted by Gasteiger charge is -2.11. The predicted octanol–water partition coefficient (Wildman–Crippen LogP) is 3.12. The first-order valence-corrected chi connectivity index (χ1v) is 7.65. The summed E-state index contributed by atoms with van der Waals surface area (Å²) in [7, 11) is 0. The number of halogens is 4. The Labute approximate surface area is 141 Å². The number of anilines is 1. The molecule has 12 heteroatoms. The minimum absolute atomic E-state index is 0.0104. The second-order valence-electron chi connectivity index (χ2n) is 4.46. The second-order valence-corrected chi connectivity index (χ2v) is 5.79. The molecular weight excluding hydrogens is 371 g/mol. The highest BCUT2D eigenvalue weighted by Crippen LogP contribution is 2.36. The van der Waals surface area contributed by atoms with Gasteiger partial charge in [-0.05, 0) is 18.2 Å². The second kappa shape index (κ2) is 6.32. The third-order valence-electron chi connectivity index (χ3n) is 2.75. The van der Waals surface area contributed by atoms with Gasteiger partial charge in [0.15, 0.2) is 0 Å². The van der Waals surface area contributed by atoms with Crippen LogP contribution in [0.3, 0.4) is 0 Å². The van der Waals surface area contributed by atoms with Gasteiger partial charge in [-0.3, -0.25) is 4.79 Å². The van der Waals surface area contributed by atoms with Crippen LogP contribution in [-0.2, 0) is 11.0 Å². The van der Waals surface area contributed by atoms with Gasteiger partial charge in [-0.2, -0.15) is 17.7 Å². The van der Waals surface area contributed by atoms with E-state index in [-0.39, 0.29) is 22.5 Å². The summed E-state index contributed by atoms with van der Waals surface area (Å²) in [5, 5.41) is 13.2. The molecule has 0 aliphatic rings. The molecule has 1 N–H and O–H groups in total. The van der Waals surface area contributed by atoms with E-state index in [1.807, 2.05) is 0 Å². The monoisotopic (exact) mass is 377 g/mol. The van der Waals surface area contributed by atoms with Gasteiger partial charge in [-0.25, -0.2) is 0 Å². The summed E-state index contributed by atoms with van der Waals surface area (Å²) in [4.78, 5) is 11.8. The number of benzene rings is 1. The van der Waals surface area contributed by atoms with Gasteiger partial charge in [0.05, 0.1) is 16.3 Å². The number of fused-ring (bicyclic) bond motifs is 1. The van der Waals surface area contributed by atoms with E-state index in [4.69, 9.17) is 16.0 Å². The minimum Gasteiger partial charge on any atom is -0.396 e. The summed E-state index contributed by atoms with van der Waals surface area (Å²) in [5.41, 5.74) is -1.03. The van der Waals surface area contributed by atoms with Crippen LogP contribution < -0.4 is 5.32 Å². The van der Waals surface area contributed by atoms with E-state index in [2.05, 4.69) is 20.6 Å². The topological polar surface area (TPSA) is 85.3 Å². The summed E-state index contributed by atoms with van der Waals surface area (Å²) in [5.74, 6) is -0.462. The first-order valence-electron chi connectivity index (χ1n) is 6.29. The van der Waals surface area contributed by atoms with Gasteiger partial charge in [-0.1, -0.05) is 28.5 Å². The molecule has 24 heavy (non-hydrogen) atoms. The zero-order valence-electron chi connectivity index (χ0n) is 11.5. The maximum atomic E-state index is 12.8. The molecule has 7 nitrogen and oxygen atoms in total. The molecule has 0 fully saturated rings. The van der Waals surface area contributed by atoms with Gasteiger partial charge in [-0.15, -0.1) is 10.2 Å². The summed E-state index contributed by atoms with van der Waals surface area (Å²) in [6.45, 7) is 0. The molecular formula is C12H7ClF3N5O2S. The number of aromatic nitrogens is 4. The van der Waals surface area contributed by atoms with Gasteiger partial charge < -0.3 is 9.73 Å². The molecule has 0 aliphatic heterocycles. The molecule has 3 aromatic rings. The van der Waals surface area contributed by atoms with Crippen LogP contribution in [0.1, 0.15) is 5.56 Å². The number of thioether (sulfide) groups is 1. The first kappa shape index (κ1) is 16.6. The summed E-state index contributed by atoms with van der Waals surface area (Å²) >= 11 is 6.48. The molecule has 1 amide bonds. The molecule has 1 aromatic carbocycles. The van der Waals surface area contributed by atoms with Crippen LogP contribution in [0.2, 0.25) is 5.02 Å². The zero-order chi connectivity index (χ0) is 17.3. The number of amides is 1. The molecule has 3 rings (SSSR count). The van der Waals surface area contributed by atoms with Crippen molar-refractivity contribution < 1.29 is 22.4 Å². The van der Waals surface area contributed by atoms with Gasteiger partial charge in [0, 0.05) is 5.69 Å². The van der Waals surface area contributed by atoms with Crippen molar-refractivity contribution in [2.24, 2.45) is 0 Å². The SMILES string of the molecule is O=C(CSc1nn2cnnc2o1)Nc1ccc(Cl)c(C(F)(F)F)c1. The van der Waals surface area contributed by atoms with E-state index in [1.54, 1.807) is 0 Å². The third kappa shape index (κ3) is 3.62. The lowest BCUT2D eigenvalue weighted by Crippen LogP contribution is -2.15. The normalized spacial score (nSPS) is 11.8. The van der Waals surface area contributed by atoms with Gasteiger partial charge in [0.1, 0.15) is 6.33 Å². The number of hydrogen-bond acceptors (Lipinski definition) is 6. The van der Waals surface area contributed by atoms with Crippen molar-refractivity contribution in [1.29, 1.82) is 0 Å². The average molecular weight is 378 g/mol. The molecule has 0 spiro atoms. The first-order chi connectivity index (χ1) is 11.3. The van der Waals surface area contributed by atoms with Gasteiger partial charge in [0.2, 0.25) is 5.91 Å². The molecule has 2 heterocycles. The summed E-state index contributed by atoms with van der Waals surface area (Å²) in [6, 6.07) is 3.13. The lowest BCUT2D eigenvalue weighted by atomic mass is 10.2. The Bertz CT molecular complexity index is 866. The number of alkyl halides is 3. The summed E-state index contributed by atoms with van der Waals surface area (Å²) < 4.78 is 44.8. The van der Waals surface area contributed by atoms with Crippen molar-refractivity contribution in [1.82, 2.24) is 19.8 Å². The molecule has 0 saturated heterocycles. The number of rotatable bonds is 4. The molecule has 0 atom stereocenters. The van der Waals surface area contributed by atoms with Crippen molar-refractivity contribution >= 4 is 40.8 Å². The quantitative estimate of drug-likeness (QED) is 0.703. The van der Waals surface area contributed by atoms with E-state index in [1.165, 1.54) is 16.9 Å². The van der Waals surface area contributed by atoms with Crippen molar-refractivity contribution in [2.75, 3.05) is 11.1 Å². The molecule has 0 unspecified atom stereocenters. The number of carbonyl (C=O) groups is 1. The Morgan fingerprint density at radius 2 is 2.21 bits per heavy atom. The van der Waals surface area contributed by atoms with E-state index in [0.29, 0.717) is 0 Å². The predicted molar refractivity (Wildman–Crippen MR) is 78.9 cm³/mol. The number of nitrogens with zero attached hydrogens (tertiary/aromatic N) is 4. The largest absolute Gasteiger partial charge is 0.417 e. The Morgan fingerprint density at radius 3 is 2.92 bits per heavy atom. The molecule has 0 saturated carbocycles. The Kier molecular flexibility index (Phi) is 4.37. The highest BCUT2D eigenvalue weighted by atomic mass is 35.5. The maximum Gasteiger partial charge on any atom is 0.417 e. The van der Waals surface area contributed by atoms with Crippen LogP contribution in [0.25, 0.3) is 5.84 Å². The molecule has 0 aliphatic carbocycles. The standard InChI is InChI=1S/C12H7ClF3N5O2S/c13-8-2-1-6(3-7(8)12(14,15)16)18-9(22)4-24-11-20-21-5-17-19-10(21)23-11/h1-3,5H,4H2,(H,18,22). The zero-order valence-corrected chi connectivity index (χ0v) is 13.1. The molecule has 126 valence electrons. The number of nitrogens with one attached hydrogen (secondary N) is 1.